The van der Waals surface area contributed by atoms with Crippen molar-refractivity contribution in [3.8, 4) is 6.07 Å². The molecular formula is C11H9BrClNO2. The van der Waals surface area contributed by atoms with E-state index in [1.165, 1.54) is 6.07 Å². The Morgan fingerprint density at radius 2 is 2.31 bits per heavy atom. The third-order valence-corrected chi connectivity index (χ3v) is 2.99. The van der Waals surface area contributed by atoms with Gasteiger partial charge in [0.2, 0.25) is 0 Å². The number of carbonyl (C=O) groups is 1. The summed E-state index contributed by atoms with van der Waals surface area (Å²) in [6, 6.07) is 5.03. The minimum Gasteiger partial charge on any atom is -0.462 e. The predicted octanol–water partition coefficient (Wildman–Crippen LogP) is 3.28. The highest BCUT2D eigenvalue weighted by atomic mass is 79.9. The van der Waals surface area contributed by atoms with Gasteiger partial charge in [-0.1, -0.05) is 27.5 Å². The summed E-state index contributed by atoms with van der Waals surface area (Å²) in [7, 11) is 0. The molecule has 0 N–H and O–H groups in total. The number of benzene rings is 1. The zero-order valence-corrected chi connectivity index (χ0v) is 10.9. The van der Waals surface area contributed by atoms with Gasteiger partial charge in [-0.25, -0.2) is 4.79 Å². The lowest BCUT2D eigenvalue weighted by atomic mass is 10.1. The van der Waals surface area contributed by atoms with Crippen LogP contribution in [0.1, 0.15) is 28.4 Å². The summed E-state index contributed by atoms with van der Waals surface area (Å²) >= 11 is 9.24. The van der Waals surface area contributed by atoms with E-state index in [0.29, 0.717) is 33.6 Å². The Bertz CT molecular complexity index is 454. The standard InChI is InChI=1S/C11H9BrClNO2/c1-2-16-11(15)8-4-3-7(6-14)10(13)9(8)5-12/h3-4H,2,5H2,1H3. The van der Waals surface area contributed by atoms with Crippen molar-refractivity contribution in [2.24, 2.45) is 0 Å². The molecule has 1 rings (SSSR count). The van der Waals surface area contributed by atoms with Gasteiger partial charge < -0.3 is 4.74 Å². The number of alkyl halides is 1. The Morgan fingerprint density at radius 3 is 2.81 bits per heavy atom. The van der Waals surface area contributed by atoms with Crippen LogP contribution < -0.4 is 0 Å². The average Bonchev–Trinajstić information content (AvgIpc) is 2.28. The topological polar surface area (TPSA) is 50.1 Å². The van der Waals surface area contributed by atoms with Crippen LogP contribution in [-0.4, -0.2) is 12.6 Å². The lowest BCUT2D eigenvalue weighted by Crippen LogP contribution is -2.08. The van der Waals surface area contributed by atoms with Crippen LogP contribution in [0.2, 0.25) is 5.02 Å². The van der Waals surface area contributed by atoms with Crippen molar-refractivity contribution >= 4 is 33.5 Å². The molecule has 0 aliphatic carbocycles. The normalized spacial score (nSPS) is 9.62. The maximum atomic E-state index is 11.6. The summed E-state index contributed by atoms with van der Waals surface area (Å²) in [5.41, 5.74) is 1.33. The maximum Gasteiger partial charge on any atom is 0.338 e. The van der Waals surface area contributed by atoms with E-state index < -0.39 is 5.97 Å². The van der Waals surface area contributed by atoms with Gasteiger partial charge in [0, 0.05) is 5.33 Å². The molecule has 0 atom stereocenters. The van der Waals surface area contributed by atoms with E-state index in [0.717, 1.165) is 0 Å². The average molecular weight is 303 g/mol. The Kier molecular flexibility index (Phi) is 4.78. The molecule has 84 valence electrons. The van der Waals surface area contributed by atoms with Crippen molar-refractivity contribution in [1.29, 1.82) is 5.26 Å². The van der Waals surface area contributed by atoms with Gasteiger partial charge in [0.05, 0.1) is 22.8 Å². The molecule has 0 heterocycles. The SMILES string of the molecule is CCOC(=O)c1ccc(C#N)c(Cl)c1CBr. The van der Waals surface area contributed by atoms with E-state index >= 15 is 0 Å². The molecule has 16 heavy (non-hydrogen) atoms. The van der Waals surface area contributed by atoms with Crippen LogP contribution in [-0.2, 0) is 10.1 Å². The van der Waals surface area contributed by atoms with E-state index in [1.54, 1.807) is 13.0 Å². The number of hydrogen-bond acceptors (Lipinski definition) is 3. The van der Waals surface area contributed by atoms with Gasteiger partial charge in [-0.2, -0.15) is 5.26 Å². The van der Waals surface area contributed by atoms with Crippen molar-refractivity contribution in [1.82, 2.24) is 0 Å². The quantitative estimate of drug-likeness (QED) is 0.636. The second-order valence-corrected chi connectivity index (χ2v) is 3.86. The summed E-state index contributed by atoms with van der Waals surface area (Å²) in [6.45, 7) is 2.04. The second-order valence-electron chi connectivity index (χ2n) is 2.92. The molecule has 1 aromatic rings. The smallest absolute Gasteiger partial charge is 0.338 e. The van der Waals surface area contributed by atoms with Gasteiger partial charge >= 0.3 is 5.97 Å². The Hall–Kier alpha value is -1.05. The fourth-order valence-corrected chi connectivity index (χ4v) is 2.26. The van der Waals surface area contributed by atoms with Gasteiger partial charge in [-0.3, -0.25) is 0 Å². The number of ether oxygens (including phenoxy) is 1. The highest BCUT2D eigenvalue weighted by molar-refractivity contribution is 9.08. The Labute approximate surface area is 107 Å². The molecule has 0 saturated carbocycles. The van der Waals surface area contributed by atoms with Crippen LogP contribution in [0.4, 0.5) is 0 Å². The first-order valence-corrected chi connectivity index (χ1v) is 6.10. The molecular weight excluding hydrogens is 293 g/mol. The number of rotatable bonds is 3. The highest BCUT2D eigenvalue weighted by Gasteiger charge is 2.16. The second kappa shape index (κ2) is 5.88. The fourth-order valence-electron chi connectivity index (χ4n) is 1.24. The summed E-state index contributed by atoms with van der Waals surface area (Å²) in [6.07, 6.45) is 0. The van der Waals surface area contributed by atoms with Gasteiger partial charge in [0.25, 0.3) is 0 Å². The van der Waals surface area contributed by atoms with Crippen molar-refractivity contribution < 1.29 is 9.53 Å². The van der Waals surface area contributed by atoms with E-state index in [-0.39, 0.29) is 0 Å². The van der Waals surface area contributed by atoms with Gasteiger partial charge in [0.15, 0.2) is 0 Å². The largest absolute Gasteiger partial charge is 0.462 e. The molecule has 0 aliphatic heterocycles. The number of nitrogens with zero attached hydrogens (tertiary/aromatic N) is 1. The number of esters is 1. The zero-order valence-electron chi connectivity index (χ0n) is 8.59. The third-order valence-electron chi connectivity index (χ3n) is 1.99. The molecule has 0 radical (unpaired) electrons. The minimum atomic E-state index is -0.427. The molecule has 0 aromatic heterocycles. The van der Waals surface area contributed by atoms with Gasteiger partial charge in [0.1, 0.15) is 6.07 Å². The zero-order chi connectivity index (χ0) is 12.1. The van der Waals surface area contributed by atoms with E-state index in [9.17, 15) is 4.79 Å². The van der Waals surface area contributed by atoms with Gasteiger partial charge in [-0.05, 0) is 24.6 Å². The lowest BCUT2D eigenvalue weighted by molar-refractivity contribution is 0.0525. The summed E-state index contributed by atoms with van der Waals surface area (Å²) in [4.78, 5) is 11.6. The summed E-state index contributed by atoms with van der Waals surface area (Å²) in [5, 5.41) is 9.50. The first-order valence-electron chi connectivity index (χ1n) is 4.60. The molecule has 0 aliphatic rings. The van der Waals surface area contributed by atoms with Crippen molar-refractivity contribution in [3.63, 3.8) is 0 Å². The van der Waals surface area contributed by atoms with Crippen LogP contribution in [0.5, 0.6) is 0 Å². The molecule has 3 nitrogen and oxygen atoms in total. The first-order chi connectivity index (χ1) is 7.65. The lowest BCUT2D eigenvalue weighted by Gasteiger charge is -2.09. The Morgan fingerprint density at radius 1 is 1.62 bits per heavy atom. The fraction of sp³-hybridized carbons (Fsp3) is 0.273. The molecule has 0 spiro atoms. The monoisotopic (exact) mass is 301 g/mol. The Balaban J connectivity index is 3.27. The first kappa shape index (κ1) is 13.0. The molecule has 0 fully saturated rings. The van der Waals surface area contributed by atoms with Crippen LogP contribution in [0.3, 0.4) is 0 Å². The van der Waals surface area contributed by atoms with Crippen LogP contribution >= 0.6 is 27.5 Å². The number of hydrogen-bond donors (Lipinski definition) is 0. The summed E-state index contributed by atoms with van der Waals surface area (Å²) in [5.74, 6) is -0.427. The van der Waals surface area contributed by atoms with Crippen molar-refractivity contribution in [2.45, 2.75) is 12.3 Å². The molecule has 5 heteroatoms. The third kappa shape index (κ3) is 2.55. The van der Waals surface area contributed by atoms with Crippen LogP contribution in [0.25, 0.3) is 0 Å². The maximum absolute atomic E-state index is 11.6. The summed E-state index contributed by atoms with van der Waals surface area (Å²) < 4.78 is 4.90. The predicted molar refractivity (Wildman–Crippen MR) is 64.8 cm³/mol. The van der Waals surface area contributed by atoms with Crippen LogP contribution in [0, 0.1) is 11.3 Å². The molecule has 0 bridgehead atoms. The number of halogens is 2. The molecule has 0 unspecified atom stereocenters. The van der Waals surface area contributed by atoms with E-state index in [2.05, 4.69) is 15.9 Å². The minimum absolute atomic E-state index is 0.296. The molecule has 1 aromatic carbocycles. The van der Waals surface area contributed by atoms with Crippen LogP contribution in [0.15, 0.2) is 12.1 Å². The highest BCUT2D eigenvalue weighted by Crippen LogP contribution is 2.27. The molecule has 0 saturated heterocycles. The van der Waals surface area contributed by atoms with E-state index in [1.807, 2.05) is 6.07 Å². The van der Waals surface area contributed by atoms with Gasteiger partial charge in [-0.15, -0.1) is 0 Å². The van der Waals surface area contributed by atoms with Crippen molar-refractivity contribution in [2.75, 3.05) is 6.61 Å². The van der Waals surface area contributed by atoms with Crippen molar-refractivity contribution in [3.05, 3.63) is 33.8 Å². The van der Waals surface area contributed by atoms with E-state index in [4.69, 9.17) is 21.6 Å². The molecule has 0 amide bonds. The number of nitriles is 1. The number of carbonyl (C=O) groups excluding carboxylic acids is 1.